The van der Waals surface area contributed by atoms with Crippen LogP contribution in [0.2, 0.25) is 0 Å². The number of hydrazine groups is 1. The minimum Gasteiger partial charge on any atom is -0.351 e. The zero-order chi connectivity index (χ0) is 9.68. The third-order valence-corrected chi connectivity index (χ3v) is 2.81. The lowest BCUT2D eigenvalue weighted by molar-refractivity contribution is 0.217. The Morgan fingerprint density at radius 3 is 2.77 bits per heavy atom. The maximum Gasteiger partial charge on any atom is 0.326 e. The normalized spacial score (nSPS) is 28.4. The number of hydrogen-bond donors (Lipinski definition) is 3. The van der Waals surface area contributed by atoms with E-state index in [0.717, 1.165) is 12.8 Å². The Morgan fingerprint density at radius 1 is 1.46 bits per heavy atom. The molecule has 0 saturated heterocycles. The summed E-state index contributed by atoms with van der Waals surface area (Å²) in [4.78, 5) is 10.5. The first kappa shape index (κ1) is 10.3. The largest absolute Gasteiger partial charge is 0.351 e. The van der Waals surface area contributed by atoms with Crippen LogP contribution in [0.15, 0.2) is 0 Å². The van der Waals surface area contributed by atoms with Crippen molar-refractivity contribution in [2.24, 2.45) is 11.7 Å². The van der Waals surface area contributed by atoms with Gasteiger partial charge in [-0.15, -0.1) is 0 Å². The predicted molar refractivity (Wildman–Crippen MR) is 51.9 cm³/mol. The highest BCUT2D eigenvalue weighted by Gasteiger charge is 2.23. The fourth-order valence-electron chi connectivity index (χ4n) is 2.05. The van der Waals surface area contributed by atoms with Gasteiger partial charge in [-0.25, -0.2) is 10.2 Å². The van der Waals surface area contributed by atoms with E-state index in [1.54, 1.807) is 0 Å². The van der Waals surface area contributed by atoms with Gasteiger partial charge in [-0.05, 0) is 18.8 Å². The monoisotopic (exact) mass is 185 g/mol. The van der Waals surface area contributed by atoms with Crippen molar-refractivity contribution < 1.29 is 4.79 Å². The van der Waals surface area contributed by atoms with E-state index in [2.05, 4.69) is 17.8 Å². The number of primary amides is 1. The molecule has 0 aliphatic heterocycles. The average Bonchev–Trinajstić information content (AvgIpc) is 2.15. The molecule has 4 N–H and O–H groups in total. The van der Waals surface area contributed by atoms with Crippen molar-refractivity contribution in [1.82, 2.24) is 10.9 Å². The Kier molecular flexibility index (Phi) is 4.02. The molecule has 2 amide bonds. The van der Waals surface area contributed by atoms with E-state index in [4.69, 9.17) is 5.73 Å². The van der Waals surface area contributed by atoms with Gasteiger partial charge in [0, 0.05) is 6.04 Å². The highest BCUT2D eigenvalue weighted by atomic mass is 16.2. The molecule has 0 aromatic carbocycles. The van der Waals surface area contributed by atoms with Gasteiger partial charge >= 0.3 is 6.03 Å². The number of rotatable bonds is 3. The molecule has 2 atom stereocenters. The summed E-state index contributed by atoms with van der Waals surface area (Å²) in [5.41, 5.74) is 10.4. The lowest BCUT2D eigenvalue weighted by atomic mass is 9.83. The van der Waals surface area contributed by atoms with Gasteiger partial charge in [-0.1, -0.05) is 26.2 Å². The third-order valence-electron chi connectivity index (χ3n) is 2.81. The summed E-state index contributed by atoms with van der Waals surface area (Å²) >= 11 is 0. The van der Waals surface area contributed by atoms with E-state index in [0.29, 0.717) is 12.0 Å². The van der Waals surface area contributed by atoms with Crippen LogP contribution in [0.25, 0.3) is 0 Å². The molecule has 1 fully saturated rings. The van der Waals surface area contributed by atoms with Crippen LogP contribution in [0.5, 0.6) is 0 Å². The summed E-state index contributed by atoms with van der Waals surface area (Å²) in [6.07, 6.45) is 6.12. The first-order valence-corrected chi connectivity index (χ1v) is 5.05. The van der Waals surface area contributed by atoms with Crippen molar-refractivity contribution in [1.29, 1.82) is 0 Å². The third kappa shape index (κ3) is 3.22. The van der Waals surface area contributed by atoms with Gasteiger partial charge < -0.3 is 5.73 Å². The molecule has 13 heavy (non-hydrogen) atoms. The molecular weight excluding hydrogens is 166 g/mol. The minimum absolute atomic E-state index is 0.409. The van der Waals surface area contributed by atoms with Crippen LogP contribution >= 0.6 is 0 Å². The Hall–Kier alpha value is -0.770. The van der Waals surface area contributed by atoms with Crippen LogP contribution in [-0.2, 0) is 0 Å². The molecule has 76 valence electrons. The van der Waals surface area contributed by atoms with Gasteiger partial charge in [0.05, 0.1) is 0 Å². The number of nitrogens with two attached hydrogens (primary N) is 1. The number of urea groups is 1. The number of hydrogen-bond acceptors (Lipinski definition) is 2. The van der Waals surface area contributed by atoms with Crippen LogP contribution in [0.1, 0.15) is 39.0 Å². The molecule has 2 unspecified atom stereocenters. The highest BCUT2D eigenvalue weighted by Crippen LogP contribution is 2.26. The lowest BCUT2D eigenvalue weighted by Crippen LogP contribution is -2.50. The molecule has 0 heterocycles. The van der Waals surface area contributed by atoms with Crippen molar-refractivity contribution in [3.05, 3.63) is 0 Å². The quantitative estimate of drug-likeness (QED) is 0.577. The molecular formula is C9H19N3O. The Bertz CT molecular complexity index is 172. The van der Waals surface area contributed by atoms with Crippen molar-refractivity contribution in [2.75, 3.05) is 0 Å². The smallest absolute Gasteiger partial charge is 0.326 e. The second-order valence-electron chi connectivity index (χ2n) is 3.69. The molecule has 1 saturated carbocycles. The zero-order valence-corrected chi connectivity index (χ0v) is 8.18. The number of carbonyl (C=O) groups is 1. The molecule has 0 aromatic heterocycles. The Labute approximate surface area is 79.2 Å². The van der Waals surface area contributed by atoms with Crippen LogP contribution in [0.3, 0.4) is 0 Å². The summed E-state index contributed by atoms with van der Waals surface area (Å²) in [5.74, 6) is 0.681. The van der Waals surface area contributed by atoms with E-state index in [9.17, 15) is 4.79 Å². The van der Waals surface area contributed by atoms with Gasteiger partial charge in [0.25, 0.3) is 0 Å². The van der Waals surface area contributed by atoms with Crippen LogP contribution in [0, 0.1) is 5.92 Å². The van der Waals surface area contributed by atoms with Crippen LogP contribution in [0.4, 0.5) is 4.79 Å². The Morgan fingerprint density at radius 2 is 2.15 bits per heavy atom. The second-order valence-corrected chi connectivity index (χ2v) is 3.69. The second kappa shape index (κ2) is 5.07. The predicted octanol–water partition coefficient (Wildman–Crippen LogP) is 1.13. The molecule has 0 aromatic rings. The zero-order valence-electron chi connectivity index (χ0n) is 8.18. The van der Waals surface area contributed by atoms with Crippen LogP contribution < -0.4 is 16.6 Å². The van der Waals surface area contributed by atoms with E-state index < -0.39 is 6.03 Å². The van der Waals surface area contributed by atoms with E-state index in [1.807, 2.05) is 0 Å². The first-order valence-electron chi connectivity index (χ1n) is 5.05. The fraction of sp³-hybridized carbons (Fsp3) is 0.889. The van der Waals surface area contributed by atoms with Gasteiger partial charge in [-0.2, -0.15) is 0 Å². The lowest BCUT2D eigenvalue weighted by Gasteiger charge is -2.31. The summed E-state index contributed by atoms with van der Waals surface area (Å²) in [7, 11) is 0. The highest BCUT2D eigenvalue weighted by molar-refractivity contribution is 5.70. The summed E-state index contributed by atoms with van der Waals surface area (Å²) < 4.78 is 0. The molecule has 1 rings (SSSR count). The summed E-state index contributed by atoms with van der Waals surface area (Å²) in [5, 5.41) is 0. The maximum atomic E-state index is 10.5. The molecule has 0 spiro atoms. The van der Waals surface area contributed by atoms with Gasteiger partial charge in [0.15, 0.2) is 0 Å². The van der Waals surface area contributed by atoms with Crippen molar-refractivity contribution in [3.8, 4) is 0 Å². The van der Waals surface area contributed by atoms with Crippen molar-refractivity contribution >= 4 is 6.03 Å². The van der Waals surface area contributed by atoms with Gasteiger partial charge in [0.1, 0.15) is 0 Å². The molecule has 4 heteroatoms. The van der Waals surface area contributed by atoms with Gasteiger partial charge in [-0.3, -0.25) is 5.43 Å². The maximum absolute atomic E-state index is 10.5. The Balaban J connectivity index is 2.31. The number of carbonyl (C=O) groups excluding carboxylic acids is 1. The molecule has 1 aliphatic rings. The van der Waals surface area contributed by atoms with Crippen LogP contribution in [-0.4, -0.2) is 12.1 Å². The summed E-state index contributed by atoms with van der Waals surface area (Å²) in [6.45, 7) is 2.19. The van der Waals surface area contributed by atoms with Gasteiger partial charge in [0.2, 0.25) is 0 Å². The van der Waals surface area contributed by atoms with E-state index >= 15 is 0 Å². The number of amides is 2. The number of nitrogens with one attached hydrogen (secondary N) is 2. The average molecular weight is 185 g/mol. The SMILES string of the molecule is CCC1CCCCC1NNC(N)=O. The minimum atomic E-state index is -0.500. The van der Waals surface area contributed by atoms with Crippen molar-refractivity contribution in [2.45, 2.75) is 45.1 Å². The fourth-order valence-corrected chi connectivity index (χ4v) is 2.05. The topological polar surface area (TPSA) is 67.2 Å². The van der Waals surface area contributed by atoms with E-state index in [1.165, 1.54) is 19.3 Å². The van der Waals surface area contributed by atoms with E-state index in [-0.39, 0.29) is 0 Å². The van der Waals surface area contributed by atoms with Crippen molar-refractivity contribution in [3.63, 3.8) is 0 Å². The first-order chi connectivity index (χ1) is 6.24. The standard InChI is InChI=1S/C9H19N3O/c1-2-7-5-3-4-6-8(7)11-12-9(10)13/h7-8,11H,2-6H2,1H3,(H3,10,12,13). The molecule has 4 nitrogen and oxygen atoms in total. The molecule has 0 bridgehead atoms. The molecule has 1 aliphatic carbocycles. The summed E-state index contributed by atoms with van der Waals surface area (Å²) in [6, 6.07) is -0.0910. The molecule has 0 radical (unpaired) electrons.